The van der Waals surface area contributed by atoms with E-state index in [4.69, 9.17) is 10.2 Å². The van der Waals surface area contributed by atoms with E-state index in [0.29, 0.717) is 12.4 Å². The highest BCUT2D eigenvalue weighted by Gasteiger charge is 2.07. The second kappa shape index (κ2) is 3.12. The molecular formula is C9H9BrN2O. The maximum Gasteiger partial charge on any atom is 0.209 e. The zero-order chi connectivity index (χ0) is 9.42. The van der Waals surface area contributed by atoms with E-state index in [1.165, 1.54) is 0 Å². The largest absolute Gasteiger partial charge is 0.439 e. The van der Waals surface area contributed by atoms with Gasteiger partial charge in [-0.1, -0.05) is 0 Å². The van der Waals surface area contributed by atoms with E-state index in [1.807, 2.05) is 19.1 Å². The second-order valence-electron chi connectivity index (χ2n) is 2.91. The molecule has 0 radical (unpaired) electrons. The highest BCUT2D eigenvalue weighted by molar-refractivity contribution is 9.10. The molecule has 0 saturated heterocycles. The van der Waals surface area contributed by atoms with Gasteiger partial charge in [-0.2, -0.15) is 0 Å². The van der Waals surface area contributed by atoms with Crippen LogP contribution in [0.2, 0.25) is 0 Å². The Balaban J connectivity index is 2.75. The fraction of sp³-hybridized carbons (Fsp3) is 0.222. The number of fused-ring (bicyclic) bond motifs is 1. The summed E-state index contributed by atoms with van der Waals surface area (Å²) in [6.45, 7) is 2.34. The number of aromatic nitrogens is 1. The van der Waals surface area contributed by atoms with Gasteiger partial charge >= 0.3 is 0 Å². The lowest BCUT2D eigenvalue weighted by molar-refractivity contribution is 0.533. The smallest absolute Gasteiger partial charge is 0.209 e. The Morgan fingerprint density at radius 2 is 2.31 bits per heavy atom. The van der Waals surface area contributed by atoms with Gasteiger partial charge in [-0.15, -0.1) is 0 Å². The normalized spacial score (nSPS) is 11.0. The molecule has 1 aromatic heterocycles. The second-order valence-corrected chi connectivity index (χ2v) is 3.76. The summed E-state index contributed by atoms with van der Waals surface area (Å²) in [4.78, 5) is 4.23. The summed E-state index contributed by atoms with van der Waals surface area (Å²) in [5.74, 6) is 0.571. The van der Waals surface area contributed by atoms with E-state index in [0.717, 1.165) is 21.1 Å². The highest BCUT2D eigenvalue weighted by atomic mass is 79.9. The lowest BCUT2D eigenvalue weighted by Gasteiger charge is -1.93. The zero-order valence-corrected chi connectivity index (χ0v) is 8.76. The molecule has 1 heterocycles. The zero-order valence-electron chi connectivity index (χ0n) is 7.17. The average Bonchev–Trinajstić information content (AvgIpc) is 2.47. The molecule has 4 heteroatoms. The molecule has 13 heavy (non-hydrogen) atoms. The van der Waals surface area contributed by atoms with E-state index < -0.39 is 0 Å². The predicted molar refractivity (Wildman–Crippen MR) is 54.3 cm³/mol. The Labute approximate surface area is 84.1 Å². The quantitative estimate of drug-likeness (QED) is 0.833. The van der Waals surface area contributed by atoms with Crippen molar-refractivity contribution in [3.05, 3.63) is 28.1 Å². The Bertz CT molecular complexity index is 450. The van der Waals surface area contributed by atoms with Crippen LogP contribution in [-0.4, -0.2) is 4.98 Å². The molecular weight excluding hydrogens is 232 g/mol. The number of hydrogen-bond donors (Lipinski definition) is 1. The van der Waals surface area contributed by atoms with Crippen LogP contribution < -0.4 is 5.73 Å². The summed E-state index contributed by atoms with van der Waals surface area (Å²) >= 11 is 3.43. The predicted octanol–water partition coefficient (Wildman–Crippen LogP) is 2.36. The fourth-order valence-electron chi connectivity index (χ4n) is 1.25. The topological polar surface area (TPSA) is 52.0 Å². The molecule has 0 aliphatic heterocycles. The lowest BCUT2D eigenvalue weighted by atomic mass is 10.2. The number of nitrogens with zero attached hydrogens (tertiary/aromatic N) is 1. The first-order valence-electron chi connectivity index (χ1n) is 3.96. The molecule has 1 aromatic carbocycles. The van der Waals surface area contributed by atoms with Crippen LogP contribution in [-0.2, 0) is 6.54 Å². The van der Waals surface area contributed by atoms with Crippen LogP contribution in [0.15, 0.2) is 21.0 Å². The van der Waals surface area contributed by atoms with Crippen LogP contribution in [0.3, 0.4) is 0 Å². The number of halogens is 1. The number of benzene rings is 1. The average molecular weight is 241 g/mol. The van der Waals surface area contributed by atoms with Gasteiger partial charge in [0.2, 0.25) is 5.89 Å². The first kappa shape index (κ1) is 8.72. The maximum atomic E-state index is 5.43. The number of nitrogens with two attached hydrogens (primary N) is 1. The van der Waals surface area contributed by atoms with Crippen molar-refractivity contribution in [1.82, 2.24) is 4.98 Å². The molecule has 0 saturated carbocycles. The summed E-state index contributed by atoms with van der Waals surface area (Å²) in [5, 5.41) is 0. The van der Waals surface area contributed by atoms with Crippen LogP contribution in [0.5, 0.6) is 0 Å². The van der Waals surface area contributed by atoms with Crippen molar-refractivity contribution in [3.63, 3.8) is 0 Å². The van der Waals surface area contributed by atoms with E-state index in [-0.39, 0.29) is 0 Å². The number of hydrogen-bond acceptors (Lipinski definition) is 3. The van der Waals surface area contributed by atoms with Gasteiger partial charge in [0.05, 0.1) is 6.54 Å². The third kappa shape index (κ3) is 1.47. The van der Waals surface area contributed by atoms with Crippen molar-refractivity contribution in [3.8, 4) is 0 Å². The minimum absolute atomic E-state index is 0.333. The summed E-state index contributed by atoms with van der Waals surface area (Å²) in [5.41, 5.74) is 8.19. The van der Waals surface area contributed by atoms with E-state index in [9.17, 15) is 0 Å². The van der Waals surface area contributed by atoms with Crippen molar-refractivity contribution in [2.75, 3.05) is 0 Å². The Morgan fingerprint density at radius 1 is 1.54 bits per heavy atom. The number of aryl methyl sites for hydroxylation is 1. The molecule has 0 bridgehead atoms. The van der Waals surface area contributed by atoms with Gasteiger partial charge in [-0.25, -0.2) is 4.98 Å². The van der Waals surface area contributed by atoms with Crippen LogP contribution in [0.1, 0.15) is 11.5 Å². The molecule has 0 aliphatic rings. The van der Waals surface area contributed by atoms with E-state index in [2.05, 4.69) is 20.9 Å². The summed E-state index contributed by atoms with van der Waals surface area (Å²) in [6, 6.07) is 3.96. The first-order valence-corrected chi connectivity index (χ1v) is 4.75. The minimum Gasteiger partial charge on any atom is -0.439 e. The van der Waals surface area contributed by atoms with Crippen LogP contribution >= 0.6 is 15.9 Å². The van der Waals surface area contributed by atoms with Crippen LogP contribution in [0, 0.1) is 6.92 Å². The number of oxazole rings is 1. The van der Waals surface area contributed by atoms with Crippen molar-refractivity contribution in [2.45, 2.75) is 13.5 Å². The lowest BCUT2D eigenvalue weighted by Crippen LogP contribution is -1.95. The Kier molecular flexibility index (Phi) is 2.09. The molecule has 0 amide bonds. The molecule has 0 spiro atoms. The monoisotopic (exact) mass is 240 g/mol. The van der Waals surface area contributed by atoms with Gasteiger partial charge in [0, 0.05) is 4.47 Å². The van der Waals surface area contributed by atoms with Gasteiger partial charge in [-0.3, -0.25) is 0 Å². The summed E-state index contributed by atoms with van der Waals surface area (Å²) in [6.07, 6.45) is 0. The third-order valence-electron chi connectivity index (χ3n) is 1.81. The standard InChI is InChI=1S/C9H9BrN2O/c1-5-2-6(10)9-7(3-5)13-8(4-11)12-9/h2-3H,4,11H2,1H3. The molecule has 68 valence electrons. The van der Waals surface area contributed by atoms with Gasteiger partial charge in [-0.05, 0) is 40.5 Å². The highest BCUT2D eigenvalue weighted by Crippen LogP contribution is 2.25. The van der Waals surface area contributed by atoms with Gasteiger partial charge in [0.1, 0.15) is 5.52 Å². The SMILES string of the molecule is Cc1cc(Br)c2nc(CN)oc2c1. The molecule has 0 atom stereocenters. The van der Waals surface area contributed by atoms with Crippen LogP contribution in [0.25, 0.3) is 11.1 Å². The van der Waals surface area contributed by atoms with E-state index >= 15 is 0 Å². The molecule has 0 aliphatic carbocycles. The number of rotatable bonds is 1. The van der Waals surface area contributed by atoms with Gasteiger partial charge < -0.3 is 10.2 Å². The van der Waals surface area contributed by atoms with Crippen molar-refractivity contribution >= 4 is 27.0 Å². The molecule has 0 unspecified atom stereocenters. The first-order chi connectivity index (χ1) is 6.20. The van der Waals surface area contributed by atoms with Crippen molar-refractivity contribution in [2.24, 2.45) is 5.73 Å². The van der Waals surface area contributed by atoms with E-state index in [1.54, 1.807) is 0 Å². The fourth-order valence-corrected chi connectivity index (χ4v) is 1.90. The summed E-state index contributed by atoms with van der Waals surface area (Å²) < 4.78 is 6.36. The molecule has 0 fully saturated rings. The minimum atomic E-state index is 0.333. The Morgan fingerprint density at radius 3 is 3.00 bits per heavy atom. The molecule has 2 aromatic rings. The van der Waals surface area contributed by atoms with Crippen molar-refractivity contribution in [1.29, 1.82) is 0 Å². The van der Waals surface area contributed by atoms with Gasteiger partial charge in [0.15, 0.2) is 5.58 Å². The molecule has 2 rings (SSSR count). The maximum absolute atomic E-state index is 5.43. The van der Waals surface area contributed by atoms with Crippen LogP contribution in [0.4, 0.5) is 0 Å². The molecule has 3 nitrogen and oxygen atoms in total. The van der Waals surface area contributed by atoms with Crippen molar-refractivity contribution < 1.29 is 4.42 Å². The summed E-state index contributed by atoms with van der Waals surface area (Å²) in [7, 11) is 0. The third-order valence-corrected chi connectivity index (χ3v) is 2.42. The Hall–Kier alpha value is -0.870. The van der Waals surface area contributed by atoms with Gasteiger partial charge in [0.25, 0.3) is 0 Å². The molecule has 2 N–H and O–H groups in total.